The van der Waals surface area contributed by atoms with Crippen LogP contribution in [0.15, 0.2) is 0 Å². The number of ether oxygens (including phenoxy) is 4. The molecule has 2 atom stereocenters. The maximum absolute atomic E-state index is 13.5. The van der Waals surface area contributed by atoms with Crippen molar-refractivity contribution in [2.75, 3.05) is 52.5 Å². The SMILES string of the molecule is CCCCCCCCCCCOC(=O)CCCCCN1CC(OC(=O)CN2CCCC2)C[C@H]1C(=O)COCCCCCCCC(=O)OC(CCCCCCCC)CCCCCCCC. The van der Waals surface area contributed by atoms with E-state index in [2.05, 4.69) is 30.6 Å². The Kier molecular flexibility index (Phi) is 37.4. The lowest BCUT2D eigenvalue weighted by Crippen LogP contribution is -2.38. The number of rotatable bonds is 45. The molecule has 0 aromatic heterocycles. The van der Waals surface area contributed by atoms with Crippen LogP contribution < -0.4 is 0 Å². The third-order valence-electron chi connectivity index (χ3n) is 13.4. The van der Waals surface area contributed by atoms with Crippen molar-refractivity contribution in [2.24, 2.45) is 0 Å². The highest BCUT2D eigenvalue weighted by atomic mass is 16.6. The van der Waals surface area contributed by atoms with E-state index in [0.29, 0.717) is 45.6 Å². The minimum atomic E-state index is -0.332. The Labute approximate surface area is 393 Å². The van der Waals surface area contributed by atoms with Gasteiger partial charge in [0.15, 0.2) is 5.78 Å². The van der Waals surface area contributed by atoms with Crippen LogP contribution in [-0.2, 0) is 38.1 Å². The van der Waals surface area contributed by atoms with Gasteiger partial charge in [-0.1, -0.05) is 162 Å². The molecule has 0 bridgehead atoms. The van der Waals surface area contributed by atoms with Gasteiger partial charge in [0.05, 0.1) is 19.2 Å². The lowest BCUT2D eigenvalue weighted by Gasteiger charge is -2.22. The average molecular weight is 905 g/mol. The Morgan fingerprint density at radius 3 is 1.59 bits per heavy atom. The van der Waals surface area contributed by atoms with Gasteiger partial charge >= 0.3 is 17.9 Å². The van der Waals surface area contributed by atoms with Crippen LogP contribution >= 0.6 is 0 Å². The van der Waals surface area contributed by atoms with E-state index in [0.717, 1.165) is 122 Å². The second kappa shape index (κ2) is 41.2. The monoisotopic (exact) mass is 905 g/mol. The quantitative estimate of drug-likeness (QED) is 0.0333. The van der Waals surface area contributed by atoms with Crippen LogP contribution in [-0.4, -0.2) is 104 Å². The molecule has 2 aliphatic heterocycles. The Morgan fingerprint density at radius 2 is 1.02 bits per heavy atom. The third kappa shape index (κ3) is 31.8. The molecule has 2 fully saturated rings. The van der Waals surface area contributed by atoms with E-state index in [-0.39, 0.29) is 48.5 Å². The number of likely N-dealkylation sites (tertiary alicyclic amines) is 2. The van der Waals surface area contributed by atoms with Gasteiger partial charge in [0.1, 0.15) is 18.8 Å². The fraction of sp³-hybridized carbons (Fsp3) is 0.926. The zero-order valence-electron chi connectivity index (χ0n) is 42.0. The molecule has 0 amide bonds. The van der Waals surface area contributed by atoms with Gasteiger partial charge in [-0.2, -0.15) is 0 Å². The van der Waals surface area contributed by atoms with Crippen molar-refractivity contribution in [3.8, 4) is 0 Å². The summed E-state index contributed by atoms with van der Waals surface area (Å²) < 4.78 is 23.3. The first-order valence-electron chi connectivity index (χ1n) is 27.5. The fourth-order valence-corrected chi connectivity index (χ4v) is 9.39. The predicted molar refractivity (Wildman–Crippen MR) is 262 cm³/mol. The fourth-order valence-electron chi connectivity index (χ4n) is 9.39. The van der Waals surface area contributed by atoms with Crippen molar-refractivity contribution in [1.82, 2.24) is 9.80 Å². The summed E-state index contributed by atoms with van der Waals surface area (Å²) in [6.07, 6.45) is 39.0. The lowest BCUT2D eigenvalue weighted by atomic mass is 10.0. The van der Waals surface area contributed by atoms with Gasteiger partial charge in [0, 0.05) is 32.4 Å². The number of carbonyl (C=O) groups excluding carboxylic acids is 4. The first-order chi connectivity index (χ1) is 31.4. The molecule has 0 spiro atoms. The molecular formula is C54H100N2O8. The molecule has 0 aromatic carbocycles. The maximum Gasteiger partial charge on any atom is 0.320 e. The molecule has 64 heavy (non-hydrogen) atoms. The van der Waals surface area contributed by atoms with E-state index >= 15 is 0 Å². The summed E-state index contributed by atoms with van der Waals surface area (Å²) in [5, 5.41) is 0. The summed E-state index contributed by atoms with van der Waals surface area (Å²) in [7, 11) is 0. The largest absolute Gasteiger partial charge is 0.466 e. The molecule has 0 aromatic rings. The minimum absolute atomic E-state index is 0.0344. The van der Waals surface area contributed by atoms with Crippen LogP contribution in [0.3, 0.4) is 0 Å². The molecule has 0 saturated carbocycles. The second-order valence-corrected chi connectivity index (χ2v) is 19.5. The van der Waals surface area contributed by atoms with E-state index in [1.165, 1.54) is 109 Å². The number of carbonyl (C=O) groups is 4. The molecule has 2 saturated heterocycles. The first-order valence-corrected chi connectivity index (χ1v) is 27.5. The number of hydrogen-bond donors (Lipinski definition) is 0. The minimum Gasteiger partial charge on any atom is -0.466 e. The Bertz CT molecular complexity index is 1130. The van der Waals surface area contributed by atoms with Gasteiger partial charge in [0.2, 0.25) is 0 Å². The average Bonchev–Trinajstić information content (AvgIpc) is 3.95. The number of unbranched alkanes of at least 4 members (excludes halogenated alkanes) is 24. The molecule has 10 heteroatoms. The topological polar surface area (TPSA) is 112 Å². The highest BCUT2D eigenvalue weighted by molar-refractivity contribution is 5.85. The number of Topliss-reactive ketones (excluding diaryl/α,β-unsaturated/α-hetero) is 1. The van der Waals surface area contributed by atoms with Crippen LogP contribution in [0.25, 0.3) is 0 Å². The molecule has 2 heterocycles. The van der Waals surface area contributed by atoms with Gasteiger partial charge in [-0.3, -0.25) is 29.0 Å². The molecule has 2 aliphatic rings. The van der Waals surface area contributed by atoms with E-state index in [4.69, 9.17) is 18.9 Å². The summed E-state index contributed by atoms with van der Waals surface area (Å²) in [4.78, 5) is 55.7. The number of hydrogen-bond acceptors (Lipinski definition) is 10. The molecule has 0 aliphatic carbocycles. The zero-order valence-corrected chi connectivity index (χ0v) is 42.0. The van der Waals surface area contributed by atoms with Gasteiger partial charge in [0.25, 0.3) is 0 Å². The summed E-state index contributed by atoms with van der Waals surface area (Å²) in [6, 6.07) is -0.332. The number of nitrogens with zero attached hydrogens (tertiary/aromatic N) is 2. The van der Waals surface area contributed by atoms with E-state index in [1.807, 2.05) is 0 Å². The molecule has 374 valence electrons. The molecule has 2 rings (SSSR count). The van der Waals surface area contributed by atoms with Crippen molar-refractivity contribution in [3.63, 3.8) is 0 Å². The Hall–Kier alpha value is -2.04. The van der Waals surface area contributed by atoms with E-state index in [1.54, 1.807) is 0 Å². The highest BCUT2D eigenvalue weighted by Crippen LogP contribution is 2.24. The maximum atomic E-state index is 13.5. The summed E-state index contributed by atoms with van der Waals surface area (Å²) >= 11 is 0. The molecular weight excluding hydrogens is 805 g/mol. The predicted octanol–water partition coefficient (Wildman–Crippen LogP) is 13.0. The first kappa shape index (κ1) is 58.1. The summed E-state index contributed by atoms with van der Waals surface area (Å²) in [6.45, 7) is 11.3. The second-order valence-electron chi connectivity index (χ2n) is 19.5. The molecule has 0 N–H and O–H groups in total. The lowest BCUT2D eigenvalue weighted by molar-refractivity contribution is -0.150. The Balaban J connectivity index is 1.64. The highest BCUT2D eigenvalue weighted by Gasteiger charge is 2.38. The van der Waals surface area contributed by atoms with E-state index < -0.39 is 0 Å². The van der Waals surface area contributed by atoms with Gasteiger partial charge in [-0.15, -0.1) is 0 Å². The van der Waals surface area contributed by atoms with Crippen molar-refractivity contribution >= 4 is 23.7 Å². The molecule has 1 unspecified atom stereocenters. The molecule has 0 radical (unpaired) electrons. The van der Waals surface area contributed by atoms with E-state index in [9.17, 15) is 19.2 Å². The van der Waals surface area contributed by atoms with Crippen LogP contribution in [0.4, 0.5) is 0 Å². The molecule has 10 nitrogen and oxygen atoms in total. The van der Waals surface area contributed by atoms with Crippen LogP contribution in [0.1, 0.15) is 252 Å². The van der Waals surface area contributed by atoms with Crippen LogP contribution in [0.5, 0.6) is 0 Å². The van der Waals surface area contributed by atoms with Crippen molar-refractivity contribution < 1.29 is 38.1 Å². The van der Waals surface area contributed by atoms with Crippen LogP contribution in [0.2, 0.25) is 0 Å². The van der Waals surface area contributed by atoms with Gasteiger partial charge in [-0.25, -0.2) is 0 Å². The van der Waals surface area contributed by atoms with Gasteiger partial charge in [-0.05, 0) is 90.3 Å². The zero-order chi connectivity index (χ0) is 46.1. The number of ketones is 1. The van der Waals surface area contributed by atoms with Crippen molar-refractivity contribution in [3.05, 3.63) is 0 Å². The summed E-state index contributed by atoms with van der Waals surface area (Å²) in [5.41, 5.74) is 0. The van der Waals surface area contributed by atoms with Gasteiger partial charge < -0.3 is 18.9 Å². The normalized spacial score (nSPS) is 16.8. The smallest absolute Gasteiger partial charge is 0.320 e. The standard InChI is InChI=1S/C54H100N2O8/c1-4-7-10-13-16-17-18-24-34-43-62-52(58)37-29-25-30-41-56-45-49(64-54(60)46-55-39-31-32-40-55)44-50(56)51(57)47-61-42-33-23-19-22-28-38-53(59)63-48(35-26-20-14-11-8-5-2)36-27-21-15-12-9-6-3/h48-50H,4-47H2,1-3H3/t49?,50-/m0/s1. The number of esters is 3. The Morgan fingerprint density at radius 1 is 0.531 bits per heavy atom. The third-order valence-corrected chi connectivity index (χ3v) is 13.4. The van der Waals surface area contributed by atoms with Crippen LogP contribution in [0, 0.1) is 0 Å². The summed E-state index contributed by atoms with van der Waals surface area (Å²) in [5.74, 6) is -0.307. The van der Waals surface area contributed by atoms with Crippen molar-refractivity contribution in [2.45, 2.75) is 270 Å². The van der Waals surface area contributed by atoms with Crippen molar-refractivity contribution in [1.29, 1.82) is 0 Å².